The van der Waals surface area contributed by atoms with Crippen LogP contribution in [0.15, 0.2) is 24.3 Å². The van der Waals surface area contributed by atoms with Gasteiger partial charge in [0.15, 0.2) is 0 Å². The first kappa shape index (κ1) is 13.3. The van der Waals surface area contributed by atoms with Gasteiger partial charge in [-0.2, -0.15) is 30.3 Å². The van der Waals surface area contributed by atoms with E-state index in [0.717, 1.165) is 6.61 Å². The largest absolute Gasteiger partial charge is 0.376 e. The van der Waals surface area contributed by atoms with Gasteiger partial charge in [0.25, 0.3) is 0 Å². The van der Waals surface area contributed by atoms with Gasteiger partial charge in [0.2, 0.25) is 0 Å². The van der Waals surface area contributed by atoms with Crippen LogP contribution in [0.5, 0.6) is 0 Å². The molecule has 0 saturated heterocycles. The Labute approximate surface area is 109 Å². The minimum absolute atomic E-state index is 0.518. The summed E-state index contributed by atoms with van der Waals surface area (Å²) < 4.78 is 5.78. The molecule has 1 aliphatic carbocycles. The van der Waals surface area contributed by atoms with Crippen molar-refractivity contribution in [2.24, 2.45) is 0 Å². The summed E-state index contributed by atoms with van der Waals surface area (Å²) in [7, 11) is 0. The third kappa shape index (κ3) is 5.24. The second-order valence-electron chi connectivity index (χ2n) is 3.63. The molecule has 2 rings (SSSR count). The van der Waals surface area contributed by atoms with Gasteiger partial charge in [-0.1, -0.05) is 12.8 Å². The zero-order valence-electron chi connectivity index (χ0n) is 8.92. The van der Waals surface area contributed by atoms with Crippen LogP contribution in [0.25, 0.3) is 0 Å². The molecule has 1 aromatic carbocycles. The molecule has 0 amide bonds. The maximum atomic E-state index is 5.78. The molecule has 1 aromatic rings. The van der Waals surface area contributed by atoms with Crippen molar-refractivity contribution in [2.75, 3.05) is 0 Å². The molecule has 0 aromatic heterocycles. The number of ether oxygens (including phenoxy) is 1. The first-order chi connectivity index (χ1) is 7.45. The Morgan fingerprint density at radius 3 is 2.47 bits per heavy atom. The van der Waals surface area contributed by atoms with Crippen LogP contribution in [0.3, 0.4) is 0 Å². The zero-order valence-corrected chi connectivity index (χ0v) is 13.5. The topological polar surface area (TPSA) is 9.23 Å². The van der Waals surface area contributed by atoms with Crippen LogP contribution in [-0.2, 0) is 27.7 Å². The average Bonchev–Trinajstić information content (AvgIpc) is 2.83. The molecule has 1 nitrogen and oxygen atoms in total. The number of halogens is 1. The van der Waals surface area contributed by atoms with E-state index in [-0.39, 0.29) is 0 Å². The van der Waals surface area contributed by atoms with Crippen molar-refractivity contribution in [3.05, 3.63) is 35.9 Å². The molecule has 1 saturated carbocycles. The van der Waals surface area contributed by atoms with E-state index in [1.165, 1.54) is 47.6 Å². The molecular weight excluding hydrogens is 305 g/mol. The summed E-state index contributed by atoms with van der Waals surface area (Å²) in [6.45, 7) is 0.763. The van der Waals surface area contributed by atoms with Crippen LogP contribution < -0.4 is 0 Å². The van der Waals surface area contributed by atoms with Crippen molar-refractivity contribution in [1.82, 2.24) is 0 Å². The van der Waals surface area contributed by atoms with Crippen LogP contribution in [0.2, 0.25) is 0 Å². The van der Waals surface area contributed by atoms with Gasteiger partial charge < -0.3 is 4.74 Å². The molecule has 0 bridgehead atoms. The molecule has 0 spiro atoms. The van der Waals surface area contributed by atoms with Crippen molar-refractivity contribution in [3.8, 4) is 0 Å². The summed E-state index contributed by atoms with van der Waals surface area (Å²) in [6, 6.07) is 11.0. The fraction of sp³-hybridized carbons (Fsp3) is 0.500. The Bertz CT molecular complexity index is 247. The summed E-state index contributed by atoms with van der Waals surface area (Å²) in [5.74, 6) is 0. The van der Waals surface area contributed by atoms with Gasteiger partial charge in [-0.3, -0.25) is 0 Å². The maximum Gasteiger partial charge on any atom is 0.0578 e. The van der Waals surface area contributed by atoms with Crippen LogP contribution in [0.4, 0.5) is 0 Å². The van der Waals surface area contributed by atoms with Crippen molar-refractivity contribution >= 4 is 13.6 Å². The molecule has 0 atom stereocenters. The zero-order chi connectivity index (χ0) is 10.9. The predicted molar refractivity (Wildman–Crippen MR) is 61.3 cm³/mol. The van der Waals surface area contributed by atoms with Gasteiger partial charge in [-0.05, 0) is 12.8 Å². The van der Waals surface area contributed by atoms with E-state index >= 15 is 0 Å². The molecule has 0 N–H and O–H groups in total. The van der Waals surface area contributed by atoms with Crippen LogP contribution in [0.1, 0.15) is 31.2 Å². The minimum atomic E-state index is 0.518. The molecule has 3 heteroatoms. The van der Waals surface area contributed by atoms with Crippen molar-refractivity contribution in [3.63, 3.8) is 0 Å². The first-order valence-corrected chi connectivity index (χ1v) is 12.2. The van der Waals surface area contributed by atoms with Crippen LogP contribution in [-0.4, -0.2) is 6.10 Å². The molecule has 0 aliphatic heterocycles. The quantitative estimate of drug-likeness (QED) is 0.608. The van der Waals surface area contributed by atoms with Gasteiger partial charge in [0, 0.05) is 0 Å². The molecule has 0 radical (unpaired) electrons. The van der Waals surface area contributed by atoms with E-state index in [4.69, 9.17) is 4.74 Å². The third-order valence-electron chi connectivity index (χ3n) is 2.58. The SMILES string of the molecule is [Zn+][Br].[c-]1ccc(COC2CCCC2)cc1. The van der Waals surface area contributed by atoms with Gasteiger partial charge >= 0.3 is 30.0 Å². The second kappa shape index (κ2) is 8.44. The Hall–Kier alpha value is 0.283. The fourth-order valence-corrected chi connectivity index (χ4v) is 1.79. The summed E-state index contributed by atoms with van der Waals surface area (Å²) in [5, 5.41) is 0. The minimum Gasteiger partial charge on any atom is -0.376 e. The van der Waals surface area contributed by atoms with Gasteiger partial charge in [0.05, 0.1) is 12.7 Å². The first-order valence-electron chi connectivity index (χ1n) is 5.28. The van der Waals surface area contributed by atoms with E-state index in [0.29, 0.717) is 6.10 Å². The summed E-state index contributed by atoms with van der Waals surface area (Å²) in [6.07, 6.45) is 5.70. The number of hydrogen-bond donors (Lipinski definition) is 0. The van der Waals surface area contributed by atoms with Gasteiger partial charge in [-0.25, -0.2) is 0 Å². The second-order valence-corrected chi connectivity index (χ2v) is 3.63. The number of rotatable bonds is 3. The van der Waals surface area contributed by atoms with Gasteiger partial charge in [0.1, 0.15) is 0 Å². The maximum absolute atomic E-state index is 5.78. The Morgan fingerprint density at radius 2 is 1.87 bits per heavy atom. The number of hydrogen-bond acceptors (Lipinski definition) is 1. The number of benzene rings is 1. The van der Waals surface area contributed by atoms with E-state index in [1.807, 2.05) is 12.1 Å². The Morgan fingerprint density at radius 1 is 1.27 bits per heavy atom. The Balaban J connectivity index is 0.000000531. The molecule has 1 fully saturated rings. The van der Waals surface area contributed by atoms with Crippen LogP contribution >= 0.6 is 13.6 Å². The molecule has 1 aliphatic rings. The molecule has 15 heavy (non-hydrogen) atoms. The van der Waals surface area contributed by atoms with E-state index in [9.17, 15) is 0 Å². The summed E-state index contributed by atoms with van der Waals surface area (Å²) in [4.78, 5) is 0. The average molecular weight is 321 g/mol. The van der Waals surface area contributed by atoms with Crippen molar-refractivity contribution in [2.45, 2.75) is 38.4 Å². The van der Waals surface area contributed by atoms with Crippen molar-refractivity contribution in [1.29, 1.82) is 0 Å². The van der Waals surface area contributed by atoms with Gasteiger partial charge in [-0.15, -0.1) is 5.56 Å². The third-order valence-corrected chi connectivity index (χ3v) is 2.58. The molecular formula is C12H15BrOZn. The molecule has 78 valence electrons. The summed E-state index contributed by atoms with van der Waals surface area (Å²) >= 11 is 4.25. The molecule has 0 unspecified atom stereocenters. The predicted octanol–water partition coefficient (Wildman–Crippen LogP) is 3.79. The summed E-state index contributed by atoms with van der Waals surface area (Å²) in [5.41, 5.74) is 1.26. The smallest absolute Gasteiger partial charge is 0.0578 e. The molecule has 0 heterocycles. The Kier molecular flexibility index (Phi) is 7.51. The van der Waals surface area contributed by atoms with E-state index in [2.05, 4.69) is 31.8 Å². The van der Waals surface area contributed by atoms with Crippen molar-refractivity contribution < 1.29 is 21.1 Å². The van der Waals surface area contributed by atoms with E-state index < -0.39 is 0 Å². The standard InChI is InChI=1S/C12H15O.BrH.Zn/c1-2-6-11(7-3-1)10-13-12-8-4-5-9-12;;/h2-3,6-7,12H,4-5,8-10H2;1H;/q-1;;+2/p-1. The normalized spacial score (nSPS) is 15.9. The monoisotopic (exact) mass is 318 g/mol. The van der Waals surface area contributed by atoms with E-state index in [1.54, 1.807) is 0 Å². The van der Waals surface area contributed by atoms with Crippen LogP contribution in [0, 0.1) is 6.07 Å². The fourth-order valence-electron chi connectivity index (χ4n) is 1.79.